The molecule has 0 fully saturated rings. The van der Waals surface area contributed by atoms with Crippen LogP contribution in [0.3, 0.4) is 0 Å². The third-order valence-corrected chi connectivity index (χ3v) is 6.00. The van der Waals surface area contributed by atoms with Crippen molar-refractivity contribution < 1.29 is 14.3 Å². The number of hydrogen-bond acceptors (Lipinski definition) is 8. The minimum Gasteiger partial charge on any atom is -0.497 e. The summed E-state index contributed by atoms with van der Waals surface area (Å²) in [7, 11) is 5.66. The summed E-state index contributed by atoms with van der Waals surface area (Å²) in [6.45, 7) is 6.40. The number of rotatable bonds is 7. The van der Waals surface area contributed by atoms with E-state index in [9.17, 15) is 4.79 Å². The molecule has 34 heavy (non-hydrogen) atoms. The van der Waals surface area contributed by atoms with Gasteiger partial charge < -0.3 is 25.0 Å². The van der Waals surface area contributed by atoms with Crippen LogP contribution in [0.15, 0.2) is 36.4 Å². The molecule has 2 N–H and O–H groups in total. The van der Waals surface area contributed by atoms with Crippen LogP contribution in [0, 0.1) is 0 Å². The van der Waals surface area contributed by atoms with E-state index in [2.05, 4.69) is 21.6 Å². The molecule has 2 aromatic heterocycles. The van der Waals surface area contributed by atoms with Gasteiger partial charge in [-0.1, -0.05) is 17.4 Å². The Bertz CT molecular complexity index is 1320. The number of alkyl carbamates (subject to hydrolysis) is 1. The maximum absolute atomic E-state index is 12.0. The average molecular weight is 483 g/mol. The van der Waals surface area contributed by atoms with Crippen LogP contribution in [-0.4, -0.2) is 60.8 Å². The first-order valence-corrected chi connectivity index (χ1v) is 11.8. The Balaban J connectivity index is 1.67. The third-order valence-electron chi connectivity index (χ3n) is 5.01. The SMILES string of the molecule is COc1ccc2nc(-n3nc4cccc(N(C)C)c4c3NCCNC(=O)OC(C)(C)C)sc2c1. The highest BCUT2D eigenvalue weighted by atomic mass is 32.1. The maximum atomic E-state index is 12.0. The molecule has 0 spiro atoms. The summed E-state index contributed by atoms with van der Waals surface area (Å²) in [5.41, 5.74) is 2.23. The second-order valence-electron chi connectivity index (χ2n) is 9.01. The summed E-state index contributed by atoms with van der Waals surface area (Å²) < 4.78 is 13.5. The predicted molar refractivity (Wildman–Crippen MR) is 138 cm³/mol. The second kappa shape index (κ2) is 9.38. The van der Waals surface area contributed by atoms with E-state index < -0.39 is 11.7 Å². The Morgan fingerprint density at radius 2 is 1.94 bits per heavy atom. The first-order valence-electron chi connectivity index (χ1n) is 11.0. The number of nitrogens with zero attached hydrogens (tertiary/aromatic N) is 4. The van der Waals surface area contributed by atoms with Crippen molar-refractivity contribution in [3.8, 4) is 10.9 Å². The van der Waals surface area contributed by atoms with Crippen LogP contribution < -0.4 is 20.3 Å². The fraction of sp³-hybridized carbons (Fsp3) is 0.375. The van der Waals surface area contributed by atoms with Gasteiger partial charge in [0.2, 0.25) is 5.13 Å². The zero-order valence-electron chi connectivity index (χ0n) is 20.3. The highest BCUT2D eigenvalue weighted by molar-refractivity contribution is 7.20. The average Bonchev–Trinajstić information content (AvgIpc) is 3.35. The van der Waals surface area contributed by atoms with Gasteiger partial charge in [0.15, 0.2) is 0 Å². The van der Waals surface area contributed by atoms with Crippen LogP contribution in [-0.2, 0) is 4.74 Å². The molecule has 180 valence electrons. The summed E-state index contributed by atoms with van der Waals surface area (Å²) >= 11 is 1.54. The monoisotopic (exact) mass is 482 g/mol. The van der Waals surface area contributed by atoms with E-state index in [1.165, 1.54) is 0 Å². The largest absolute Gasteiger partial charge is 0.497 e. The summed E-state index contributed by atoms with van der Waals surface area (Å²) in [6, 6.07) is 11.9. The van der Waals surface area contributed by atoms with Crippen molar-refractivity contribution in [2.75, 3.05) is 44.5 Å². The summed E-state index contributed by atoms with van der Waals surface area (Å²) in [4.78, 5) is 18.9. The number of nitrogens with one attached hydrogen (secondary N) is 2. The van der Waals surface area contributed by atoms with E-state index in [1.807, 2.05) is 69.9 Å². The fourth-order valence-electron chi connectivity index (χ4n) is 3.56. The van der Waals surface area contributed by atoms with Crippen molar-refractivity contribution in [2.24, 2.45) is 0 Å². The Labute approximate surface area is 202 Å². The molecule has 9 nitrogen and oxygen atoms in total. The van der Waals surface area contributed by atoms with E-state index in [1.54, 1.807) is 18.4 Å². The van der Waals surface area contributed by atoms with Gasteiger partial charge in [0, 0.05) is 32.9 Å². The van der Waals surface area contributed by atoms with Crippen molar-refractivity contribution in [3.05, 3.63) is 36.4 Å². The number of amides is 1. The van der Waals surface area contributed by atoms with Crippen molar-refractivity contribution in [1.82, 2.24) is 20.1 Å². The molecule has 1 amide bonds. The molecule has 2 aromatic carbocycles. The van der Waals surface area contributed by atoms with Crippen molar-refractivity contribution >= 4 is 50.1 Å². The molecule has 4 aromatic rings. The maximum Gasteiger partial charge on any atom is 0.407 e. The normalized spacial score (nSPS) is 11.6. The molecule has 10 heteroatoms. The van der Waals surface area contributed by atoms with E-state index in [-0.39, 0.29) is 0 Å². The Morgan fingerprint density at radius 3 is 2.65 bits per heavy atom. The molecule has 2 heterocycles. The standard InChI is InChI=1S/C24H30N6O3S/c1-24(2,3)33-23(31)26-13-12-25-21-20-17(8-7-9-18(20)29(4)5)28-30(21)22-27-16-11-10-15(32-6)14-19(16)34-22/h7-11,14,25H,12-13H2,1-6H3,(H,26,31). The number of benzene rings is 2. The summed E-state index contributed by atoms with van der Waals surface area (Å²) in [6.07, 6.45) is -0.443. The lowest BCUT2D eigenvalue weighted by Gasteiger charge is -2.20. The van der Waals surface area contributed by atoms with Crippen molar-refractivity contribution in [1.29, 1.82) is 0 Å². The Kier molecular flexibility index (Phi) is 6.52. The van der Waals surface area contributed by atoms with E-state index in [4.69, 9.17) is 19.6 Å². The van der Waals surface area contributed by atoms with Gasteiger partial charge in [-0.25, -0.2) is 9.78 Å². The molecule has 0 bridgehead atoms. The highest BCUT2D eigenvalue weighted by Crippen LogP contribution is 2.36. The predicted octanol–water partition coefficient (Wildman–Crippen LogP) is 4.65. The lowest BCUT2D eigenvalue weighted by atomic mass is 10.2. The topological polar surface area (TPSA) is 93.5 Å². The Hall–Kier alpha value is -3.53. The van der Waals surface area contributed by atoms with E-state index >= 15 is 0 Å². The van der Waals surface area contributed by atoms with Gasteiger partial charge in [-0.3, -0.25) is 0 Å². The van der Waals surface area contributed by atoms with Crippen LogP contribution >= 0.6 is 11.3 Å². The first-order chi connectivity index (χ1) is 16.2. The molecule has 0 saturated heterocycles. The van der Waals surface area contributed by atoms with Gasteiger partial charge in [-0.15, -0.1) is 0 Å². The first kappa shape index (κ1) is 23.6. The van der Waals surface area contributed by atoms with Crippen LogP contribution in [0.25, 0.3) is 26.3 Å². The minimum absolute atomic E-state index is 0.392. The van der Waals surface area contributed by atoms with Crippen LogP contribution in [0.4, 0.5) is 16.3 Å². The Morgan fingerprint density at radius 1 is 1.15 bits per heavy atom. The number of carbonyl (C=O) groups excluding carboxylic acids is 1. The lowest BCUT2D eigenvalue weighted by Crippen LogP contribution is -2.35. The molecular formula is C24H30N6O3S. The molecule has 0 aliphatic rings. The second-order valence-corrected chi connectivity index (χ2v) is 10.0. The van der Waals surface area contributed by atoms with Crippen LogP contribution in [0.2, 0.25) is 0 Å². The zero-order valence-corrected chi connectivity index (χ0v) is 21.1. The fourth-order valence-corrected chi connectivity index (χ4v) is 4.51. The molecule has 0 saturated carbocycles. The zero-order chi connectivity index (χ0) is 24.5. The molecule has 0 unspecified atom stereocenters. The molecule has 0 radical (unpaired) electrons. The summed E-state index contributed by atoms with van der Waals surface area (Å²) in [5, 5.41) is 12.8. The van der Waals surface area contributed by atoms with E-state index in [0.29, 0.717) is 13.1 Å². The number of hydrogen-bond donors (Lipinski definition) is 2. The summed E-state index contributed by atoms with van der Waals surface area (Å²) in [5.74, 6) is 1.60. The van der Waals surface area contributed by atoms with Gasteiger partial charge in [0.25, 0.3) is 0 Å². The van der Waals surface area contributed by atoms with Crippen LogP contribution in [0.1, 0.15) is 20.8 Å². The van der Waals surface area contributed by atoms with Gasteiger partial charge >= 0.3 is 6.09 Å². The number of aromatic nitrogens is 3. The smallest absolute Gasteiger partial charge is 0.407 e. The van der Waals surface area contributed by atoms with Crippen molar-refractivity contribution in [3.63, 3.8) is 0 Å². The number of fused-ring (bicyclic) bond motifs is 2. The van der Waals surface area contributed by atoms with Crippen molar-refractivity contribution in [2.45, 2.75) is 26.4 Å². The quantitative estimate of drug-likeness (QED) is 0.371. The third kappa shape index (κ3) is 5.01. The number of carbonyl (C=O) groups is 1. The van der Waals surface area contributed by atoms with Gasteiger partial charge in [0.1, 0.15) is 17.2 Å². The van der Waals surface area contributed by atoms with Crippen LogP contribution in [0.5, 0.6) is 5.75 Å². The molecule has 0 aliphatic heterocycles. The lowest BCUT2D eigenvalue weighted by molar-refractivity contribution is 0.0530. The molecular weight excluding hydrogens is 452 g/mol. The molecule has 0 atom stereocenters. The molecule has 0 aliphatic carbocycles. The van der Waals surface area contributed by atoms with Gasteiger partial charge in [-0.05, 0) is 51.1 Å². The van der Waals surface area contributed by atoms with Gasteiger partial charge in [-0.2, -0.15) is 9.78 Å². The van der Waals surface area contributed by atoms with E-state index in [0.717, 1.165) is 43.5 Å². The number of methoxy groups -OCH3 is 1. The number of anilines is 2. The number of thiazole rings is 1. The minimum atomic E-state index is -0.539. The highest BCUT2D eigenvalue weighted by Gasteiger charge is 2.20. The number of ether oxygens (including phenoxy) is 2. The van der Waals surface area contributed by atoms with Gasteiger partial charge in [0.05, 0.1) is 28.2 Å². The molecule has 4 rings (SSSR count).